The first-order valence-electron chi connectivity index (χ1n) is 9.24. The molecular formula is C18H29N3OS. The number of thioether (sulfide) groups is 1. The molecule has 3 rings (SSSR count). The van der Waals surface area contributed by atoms with Gasteiger partial charge in [0.15, 0.2) is 0 Å². The normalized spacial score (nSPS) is 18.0. The lowest BCUT2D eigenvalue weighted by atomic mass is 10.2. The second kappa shape index (κ2) is 7.84. The molecule has 0 N–H and O–H groups in total. The van der Waals surface area contributed by atoms with Crippen molar-refractivity contribution in [2.75, 3.05) is 19.6 Å². The lowest BCUT2D eigenvalue weighted by Gasteiger charge is -2.20. The van der Waals surface area contributed by atoms with Crippen LogP contribution >= 0.6 is 11.8 Å². The minimum Gasteiger partial charge on any atom is -0.302 e. The van der Waals surface area contributed by atoms with Crippen molar-refractivity contribution in [3.63, 3.8) is 0 Å². The second-order valence-corrected chi connectivity index (χ2v) is 7.97. The predicted octanol–water partition coefficient (Wildman–Crippen LogP) is 3.11. The Hall–Kier alpha value is -0.810. The number of aromatic nitrogens is 2. The number of rotatable bonds is 7. The quantitative estimate of drug-likeness (QED) is 0.718. The van der Waals surface area contributed by atoms with E-state index in [1.807, 2.05) is 16.3 Å². The van der Waals surface area contributed by atoms with Gasteiger partial charge in [-0.15, -0.1) is 11.8 Å². The third-order valence-electron chi connectivity index (χ3n) is 5.32. The van der Waals surface area contributed by atoms with Crippen molar-refractivity contribution >= 4 is 11.8 Å². The van der Waals surface area contributed by atoms with Crippen molar-refractivity contribution in [1.29, 1.82) is 0 Å². The molecule has 2 aliphatic rings. The van der Waals surface area contributed by atoms with Crippen LogP contribution in [0.15, 0.2) is 9.82 Å². The largest absolute Gasteiger partial charge is 0.348 e. The highest BCUT2D eigenvalue weighted by Crippen LogP contribution is 2.37. The lowest BCUT2D eigenvalue weighted by molar-refractivity contribution is 0.286. The minimum absolute atomic E-state index is 0.0293. The summed E-state index contributed by atoms with van der Waals surface area (Å²) in [4.78, 5) is 19.4. The Bertz CT molecular complexity index is 589. The summed E-state index contributed by atoms with van der Waals surface area (Å²) in [6.45, 7) is 8.15. The summed E-state index contributed by atoms with van der Waals surface area (Å²) in [5, 5.41) is 1.73. The molecule has 0 amide bonds. The van der Waals surface area contributed by atoms with Crippen LogP contribution in [0, 0.1) is 0 Å². The molecule has 1 aromatic heterocycles. The molecule has 2 aliphatic carbocycles. The number of hydrogen-bond donors (Lipinski definition) is 0. The fourth-order valence-corrected chi connectivity index (χ4v) is 5.24. The van der Waals surface area contributed by atoms with Crippen molar-refractivity contribution in [2.24, 2.45) is 0 Å². The van der Waals surface area contributed by atoms with Crippen LogP contribution in [0.5, 0.6) is 0 Å². The van der Waals surface area contributed by atoms with Crippen molar-refractivity contribution in [3.05, 3.63) is 21.7 Å². The third-order valence-corrected chi connectivity index (χ3v) is 6.68. The first-order chi connectivity index (χ1) is 11.2. The average Bonchev–Trinajstić information content (AvgIpc) is 3.22. The minimum atomic E-state index is -0.0293. The summed E-state index contributed by atoms with van der Waals surface area (Å²) in [6.07, 6.45) is 8.55. The number of hydrogen-bond acceptors (Lipinski definition) is 4. The maximum absolute atomic E-state index is 12.6. The van der Waals surface area contributed by atoms with Gasteiger partial charge in [-0.25, -0.2) is 4.79 Å². The molecule has 5 heteroatoms. The molecule has 0 aromatic carbocycles. The molecule has 0 radical (unpaired) electrons. The third kappa shape index (κ3) is 3.82. The summed E-state index contributed by atoms with van der Waals surface area (Å²) >= 11 is 1.88. The fourth-order valence-electron chi connectivity index (χ4n) is 3.86. The van der Waals surface area contributed by atoms with Gasteiger partial charge in [-0.1, -0.05) is 26.7 Å². The molecule has 23 heavy (non-hydrogen) atoms. The van der Waals surface area contributed by atoms with Crippen LogP contribution < -0.4 is 5.69 Å². The zero-order valence-corrected chi connectivity index (χ0v) is 15.3. The zero-order chi connectivity index (χ0) is 16.2. The topological polar surface area (TPSA) is 38.1 Å². The molecule has 1 aromatic rings. The molecular weight excluding hydrogens is 306 g/mol. The molecule has 128 valence electrons. The monoisotopic (exact) mass is 335 g/mol. The Labute approximate surface area is 143 Å². The van der Waals surface area contributed by atoms with E-state index in [4.69, 9.17) is 0 Å². The van der Waals surface area contributed by atoms with Crippen LogP contribution in [0.2, 0.25) is 0 Å². The molecule has 1 heterocycles. The first kappa shape index (κ1) is 17.0. The van der Waals surface area contributed by atoms with Crippen molar-refractivity contribution in [3.8, 4) is 0 Å². The molecule has 0 bridgehead atoms. The molecule has 4 nitrogen and oxygen atoms in total. The van der Waals surface area contributed by atoms with Crippen LogP contribution in [0.3, 0.4) is 0 Å². The van der Waals surface area contributed by atoms with Gasteiger partial charge in [0.2, 0.25) is 0 Å². The van der Waals surface area contributed by atoms with E-state index in [0.717, 1.165) is 44.0 Å². The van der Waals surface area contributed by atoms with Gasteiger partial charge in [0.1, 0.15) is 5.03 Å². The number of likely N-dealkylation sites (N-methyl/N-ethyl adjacent to an activating group) is 1. The van der Waals surface area contributed by atoms with Gasteiger partial charge in [-0.2, -0.15) is 4.98 Å². The Morgan fingerprint density at radius 1 is 1.17 bits per heavy atom. The Morgan fingerprint density at radius 2 is 1.91 bits per heavy atom. The highest BCUT2D eigenvalue weighted by Gasteiger charge is 2.25. The first-order valence-corrected chi connectivity index (χ1v) is 10.1. The lowest BCUT2D eigenvalue weighted by Crippen LogP contribution is -2.34. The van der Waals surface area contributed by atoms with Gasteiger partial charge in [0.25, 0.3) is 0 Å². The van der Waals surface area contributed by atoms with E-state index in [1.165, 1.54) is 43.4 Å². The van der Waals surface area contributed by atoms with E-state index in [1.54, 1.807) is 0 Å². The maximum Gasteiger partial charge on any atom is 0.348 e. The van der Waals surface area contributed by atoms with Crippen LogP contribution in [0.25, 0.3) is 0 Å². The highest BCUT2D eigenvalue weighted by molar-refractivity contribution is 7.99. The maximum atomic E-state index is 12.6. The zero-order valence-electron chi connectivity index (χ0n) is 14.5. The van der Waals surface area contributed by atoms with E-state index < -0.39 is 0 Å². The van der Waals surface area contributed by atoms with Crippen molar-refractivity contribution < 1.29 is 0 Å². The molecule has 0 saturated heterocycles. The Balaban J connectivity index is 1.81. The summed E-state index contributed by atoms with van der Waals surface area (Å²) < 4.78 is 1.96. The van der Waals surface area contributed by atoms with Crippen LogP contribution in [-0.2, 0) is 19.4 Å². The molecule has 0 unspecified atom stereocenters. The Morgan fingerprint density at radius 3 is 2.61 bits per heavy atom. The molecule has 1 saturated carbocycles. The van der Waals surface area contributed by atoms with Crippen LogP contribution in [0.4, 0.5) is 0 Å². The summed E-state index contributed by atoms with van der Waals surface area (Å²) in [7, 11) is 0. The van der Waals surface area contributed by atoms with Gasteiger partial charge in [0.05, 0.1) is 0 Å². The highest BCUT2D eigenvalue weighted by atomic mass is 32.2. The van der Waals surface area contributed by atoms with Gasteiger partial charge in [-0.3, -0.25) is 4.57 Å². The van der Waals surface area contributed by atoms with Gasteiger partial charge in [-0.05, 0) is 45.2 Å². The van der Waals surface area contributed by atoms with E-state index in [0.29, 0.717) is 5.25 Å². The van der Waals surface area contributed by atoms with Gasteiger partial charge < -0.3 is 4.90 Å². The van der Waals surface area contributed by atoms with Gasteiger partial charge >= 0.3 is 5.69 Å². The number of fused-ring (bicyclic) bond motifs is 1. The average molecular weight is 336 g/mol. The summed E-state index contributed by atoms with van der Waals surface area (Å²) in [5.41, 5.74) is 2.62. The SMILES string of the molecule is CCN(CC)CCn1c2c(c(SC3CCCC3)nc1=O)CCC2. The van der Waals surface area contributed by atoms with E-state index in [2.05, 4.69) is 23.7 Å². The van der Waals surface area contributed by atoms with E-state index in [9.17, 15) is 4.79 Å². The molecule has 0 atom stereocenters. The van der Waals surface area contributed by atoms with Crippen molar-refractivity contribution in [1.82, 2.24) is 14.5 Å². The van der Waals surface area contributed by atoms with E-state index >= 15 is 0 Å². The molecule has 0 aliphatic heterocycles. The fraction of sp³-hybridized carbons (Fsp3) is 0.778. The predicted molar refractivity (Wildman–Crippen MR) is 96.4 cm³/mol. The second-order valence-electron chi connectivity index (χ2n) is 6.68. The van der Waals surface area contributed by atoms with Crippen molar-refractivity contribution in [2.45, 2.75) is 75.6 Å². The molecule has 0 spiro atoms. The Kier molecular flexibility index (Phi) is 5.81. The van der Waals surface area contributed by atoms with Crippen LogP contribution in [0.1, 0.15) is 57.2 Å². The van der Waals surface area contributed by atoms with E-state index in [-0.39, 0.29) is 5.69 Å². The smallest absolute Gasteiger partial charge is 0.302 e. The van der Waals surface area contributed by atoms with Gasteiger partial charge in [0, 0.05) is 29.6 Å². The summed E-state index contributed by atoms with van der Waals surface area (Å²) in [6, 6.07) is 0. The standard InChI is InChI=1S/C18H29N3OS/c1-3-20(4-2)12-13-21-16-11-7-10-15(16)17(19-18(21)22)23-14-8-5-6-9-14/h14H,3-13H2,1-2H3. The summed E-state index contributed by atoms with van der Waals surface area (Å²) in [5.74, 6) is 0. The number of nitrogens with zero attached hydrogens (tertiary/aromatic N) is 3. The van der Waals surface area contributed by atoms with Crippen LogP contribution in [-0.4, -0.2) is 39.3 Å². The molecule has 1 fully saturated rings.